The van der Waals surface area contributed by atoms with Crippen LogP contribution < -0.4 is 9.47 Å². The molecule has 0 amide bonds. The van der Waals surface area contributed by atoms with Gasteiger partial charge in [-0.15, -0.1) is 0 Å². The van der Waals surface area contributed by atoms with Gasteiger partial charge in [-0.2, -0.15) is 4.39 Å². The second kappa shape index (κ2) is 3.20. The van der Waals surface area contributed by atoms with E-state index < -0.39 is 5.95 Å². The Labute approximate surface area is 75.5 Å². The monoisotopic (exact) mass is 183 g/mol. The molecule has 13 heavy (non-hydrogen) atoms. The molecule has 0 aromatic carbocycles. The Kier molecular flexibility index (Phi) is 2.04. The summed E-state index contributed by atoms with van der Waals surface area (Å²) in [5.41, 5.74) is 0. The molecule has 0 bridgehead atoms. The molecule has 1 aliphatic carbocycles. The minimum atomic E-state index is -0.606. The third-order valence-electron chi connectivity index (χ3n) is 1.83. The maximum Gasteiger partial charge on any atom is 0.255 e. The van der Waals surface area contributed by atoms with Gasteiger partial charge in [0.25, 0.3) is 5.95 Å². The maximum atomic E-state index is 12.8. The number of rotatable bonds is 3. The molecular weight excluding hydrogens is 173 g/mol. The van der Waals surface area contributed by atoms with Gasteiger partial charge in [0.15, 0.2) is 5.75 Å². The predicted molar refractivity (Wildman–Crippen MR) is 44.4 cm³/mol. The van der Waals surface area contributed by atoms with Crippen molar-refractivity contribution in [3.8, 4) is 11.5 Å². The lowest BCUT2D eigenvalue weighted by atomic mass is 10.4. The van der Waals surface area contributed by atoms with Gasteiger partial charge in [-0.05, 0) is 12.8 Å². The van der Waals surface area contributed by atoms with E-state index in [1.54, 1.807) is 0 Å². The first-order valence-electron chi connectivity index (χ1n) is 4.16. The Morgan fingerprint density at radius 1 is 1.54 bits per heavy atom. The number of nitrogens with zero attached hydrogens (tertiary/aromatic N) is 1. The first-order chi connectivity index (χ1) is 6.29. The van der Waals surface area contributed by atoms with E-state index in [0.29, 0.717) is 5.75 Å². The third-order valence-corrected chi connectivity index (χ3v) is 1.83. The van der Waals surface area contributed by atoms with Crippen molar-refractivity contribution in [1.29, 1.82) is 0 Å². The van der Waals surface area contributed by atoms with Gasteiger partial charge in [-0.25, -0.2) is 4.98 Å². The van der Waals surface area contributed by atoms with Crippen molar-refractivity contribution in [3.63, 3.8) is 0 Å². The van der Waals surface area contributed by atoms with Gasteiger partial charge in [0.1, 0.15) is 5.75 Å². The normalized spacial score (nSPS) is 15.5. The Hall–Kier alpha value is -1.32. The van der Waals surface area contributed by atoms with Crippen LogP contribution in [-0.4, -0.2) is 18.2 Å². The molecule has 1 fully saturated rings. The van der Waals surface area contributed by atoms with Crippen molar-refractivity contribution in [2.75, 3.05) is 7.11 Å². The molecule has 2 rings (SSSR count). The lowest BCUT2D eigenvalue weighted by molar-refractivity contribution is 0.296. The highest BCUT2D eigenvalue weighted by molar-refractivity contribution is 5.29. The maximum absolute atomic E-state index is 12.8. The van der Waals surface area contributed by atoms with Crippen LogP contribution in [-0.2, 0) is 0 Å². The van der Waals surface area contributed by atoms with E-state index in [1.165, 1.54) is 19.4 Å². The van der Waals surface area contributed by atoms with E-state index in [9.17, 15) is 4.39 Å². The highest BCUT2D eigenvalue weighted by Crippen LogP contribution is 2.28. The summed E-state index contributed by atoms with van der Waals surface area (Å²) in [5.74, 6) is 0.0875. The fraction of sp³-hybridized carbons (Fsp3) is 0.444. The van der Waals surface area contributed by atoms with Gasteiger partial charge in [0, 0.05) is 6.07 Å². The van der Waals surface area contributed by atoms with Crippen LogP contribution in [0.2, 0.25) is 0 Å². The molecule has 1 heterocycles. The zero-order chi connectivity index (χ0) is 9.26. The summed E-state index contributed by atoms with van der Waals surface area (Å²) >= 11 is 0. The summed E-state index contributed by atoms with van der Waals surface area (Å²) in [6, 6.07) is 1.51. The standard InChI is InChI=1S/C9H10FNO2/c1-12-8-4-7(5-11-9(8)10)13-6-2-3-6/h4-6H,2-3H2,1H3. The van der Waals surface area contributed by atoms with Crippen molar-refractivity contribution >= 4 is 0 Å². The first kappa shape index (κ1) is 8.29. The summed E-state index contributed by atoms with van der Waals surface area (Å²) in [6.45, 7) is 0. The Morgan fingerprint density at radius 2 is 2.31 bits per heavy atom. The predicted octanol–water partition coefficient (Wildman–Crippen LogP) is 1.77. The summed E-state index contributed by atoms with van der Waals surface area (Å²) in [4.78, 5) is 3.51. The number of aromatic nitrogens is 1. The summed E-state index contributed by atoms with van der Waals surface area (Å²) in [5, 5.41) is 0. The van der Waals surface area contributed by atoms with Crippen molar-refractivity contribution in [3.05, 3.63) is 18.2 Å². The second-order valence-corrected chi connectivity index (χ2v) is 2.98. The summed E-state index contributed by atoms with van der Waals surface area (Å²) < 4.78 is 23.0. The second-order valence-electron chi connectivity index (χ2n) is 2.98. The van der Waals surface area contributed by atoms with Gasteiger partial charge in [0.2, 0.25) is 0 Å². The van der Waals surface area contributed by atoms with Crippen molar-refractivity contribution in [2.24, 2.45) is 0 Å². The van der Waals surface area contributed by atoms with Gasteiger partial charge in [0.05, 0.1) is 19.4 Å². The highest BCUT2D eigenvalue weighted by Gasteiger charge is 2.24. The molecule has 0 saturated heterocycles. The largest absolute Gasteiger partial charge is 0.492 e. The topological polar surface area (TPSA) is 31.4 Å². The number of pyridine rings is 1. The zero-order valence-electron chi connectivity index (χ0n) is 7.29. The van der Waals surface area contributed by atoms with Crippen LogP contribution in [0, 0.1) is 5.95 Å². The molecule has 0 atom stereocenters. The molecule has 0 radical (unpaired) electrons. The molecule has 1 aromatic rings. The van der Waals surface area contributed by atoms with Crippen LogP contribution in [0.25, 0.3) is 0 Å². The summed E-state index contributed by atoms with van der Waals surface area (Å²) in [6.07, 6.45) is 3.80. The van der Waals surface area contributed by atoms with Crippen LogP contribution in [0.5, 0.6) is 11.5 Å². The zero-order valence-corrected chi connectivity index (χ0v) is 7.29. The molecule has 0 N–H and O–H groups in total. The minimum Gasteiger partial charge on any atom is -0.492 e. The van der Waals surface area contributed by atoms with Crippen LogP contribution in [0.4, 0.5) is 4.39 Å². The van der Waals surface area contributed by atoms with Crippen LogP contribution >= 0.6 is 0 Å². The van der Waals surface area contributed by atoms with Gasteiger partial charge < -0.3 is 9.47 Å². The molecule has 1 saturated carbocycles. The molecule has 70 valence electrons. The van der Waals surface area contributed by atoms with E-state index in [1.807, 2.05) is 0 Å². The van der Waals surface area contributed by atoms with Gasteiger partial charge >= 0.3 is 0 Å². The molecule has 3 nitrogen and oxygen atoms in total. The molecule has 4 heteroatoms. The average Bonchev–Trinajstić information content (AvgIpc) is 2.92. The van der Waals surface area contributed by atoms with E-state index >= 15 is 0 Å². The SMILES string of the molecule is COc1cc(OC2CC2)cnc1F. The van der Waals surface area contributed by atoms with E-state index in [4.69, 9.17) is 9.47 Å². The molecular formula is C9H10FNO2. The molecule has 0 spiro atoms. The van der Waals surface area contributed by atoms with Crippen molar-refractivity contribution in [1.82, 2.24) is 4.98 Å². The van der Waals surface area contributed by atoms with Gasteiger partial charge in [-0.3, -0.25) is 0 Å². The number of hydrogen-bond acceptors (Lipinski definition) is 3. The minimum absolute atomic E-state index is 0.123. The van der Waals surface area contributed by atoms with Gasteiger partial charge in [-0.1, -0.05) is 0 Å². The van der Waals surface area contributed by atoms with Crippen molar-refractivity contribution < 1.29 is 13.9 Å². The smallest absolute Gasteiger partial charge is 0.255 e. The quantitative estimate of drug-likeness (QED) is 0.669. The third kappa shape index (κ3) is 1.88. The Morgan fingerprint density at radius 3 is 2.92 bits per heavy atom. The summed E-state index contributed by atoms with van der Waals surface area (Å²) in [7, 11) is 1.40. The average molecular weight is 183 g/mol. The molecule has 0 unspecified atom stereocenters. The Bertz CT molecular complexity index is 312. The van der Waals surface area contributed by atoms with Crippen molar-refractivity contribution in [2.45, 2.75) is 18.9 Å². The van der Waals surface area contributed by atoms with Crippen LogP contribution in [0.3, 0.4) is 0 Å². The molecule has 1 aliphatic rings. The lowest BCUT2D eigenvalue weighted by Gasteiger charge is -2.05. The number of ether oxygens (including phenoxy) is 2. The van der Waals surface area contributed by atoms with E-state index in [-0.39, 0.29) is 11.9 Å². The number of methoxy groups -OCH3 is 1. The lowest BCUT2D eigenvalue weighted by Crippen LogP contribution is -1.98. The fourth-order valence-corrected chi connectivity index (χ4v) is 0.996. The van der Waals surface area contributed by atoms with E-state index in [0.717, 1.165) is 12.8 Å². The van der Waals surface area contributed by atoms with Crippen LogP contribution in [0.1, 0.15) is 12.8 Å². The molecule has 1 aromatic heterocycles. The number of halogens is 1. The fourth-order valence-electron chi connectivity index (χ4n) is 0.996. The number of hydrogen-bond donors (Lipinski definition) is 0. The van der Waals surface area contributed by atoms with Crippen LogP contribution in [0.15, 0.2) is 12.3 Å². The Balaban J connectivity index is 2.16. The highest BCUT2D eigenvalue weighted by atomic mass is 19.1. The molecule has 0 aliphatic heterocycles. The van der Waals surface area contributed by atoms with E-state index in [2.05, 4.69) is 4.98 Å². The first-order valence-corrected chi connectivity index (χ1v) is 4.16.